The molecule has 1 heterocycles. The highest BCUT2D eigenvalue weighted by molar-refractivity contribution is 6.05. The van der Waals surface area contributed by atoms with E-state index < -0.39 is 0 Å². The molecule has 5 heteroatoms. The normalized spacial score (nSPS) is 15.0. The SMILES string of the molecule is O=C(Nc1cccc(C(=O)C2CCNCC2)c1)c1ccc(F)cc1. The fourth-order valence-corrected chi connectivity index (χ4v) is 2.87. The molecule has 2 N–H and O–H groups in total. The summed E-state index contributed by atoms with van der Waals surface area (Å²) in [5.74, 6) is -0.564. The smallest absolute Gasteiger partial charge is 0.255 e. The molecular formula is C19H19FN2O2. The van der Waals surface area contributed by atoms with Crippen LogP contribution in [0.3, 0.4) is 0 Å². The number of carbonyl (C=O) groups excluding carboxylic acids is 2. The third kappa shape index (κ3) is 3.86. The Morgan fingerprint density at radius 2 is 1.71 bits per heavy atom. The summed E-state index contributed by atoms with van der Waals surface area (Å²) in [5, 5.41) is 5.99. The number of piperidine rings is 1. The fraction of sp³-hybridized carbons (Fsp3) is 0.263. The number of rotatable bonds is 4. The molecule has 0 saturated carbocycles. The van der Waals surface area contributed by atoms with Gasteiger partial charge in [-0.3, -0.25) is 9.59 Å². The van der Waals surface area contributed by atoms with Crippen LogP contribution in [0.1, 0.15) is 33.6 Å². The average molecular weight is 326 g/mol. The molecule has 4 nitrogen and oxygen atoms in total. The summed E-state index contributed by atoms with van der Waals surface area (Å²) in [4.78, 5) is 24.7. The lowest BCUT2D eigenvalue weighted by molar-refractivity contribution is 0.0894. The highest BCUT2D eigenvalue weighted by Gasteiger charge is 2.22. The number of amides is 1. The van der Waals surface area contributed by atoms with Gasteiger partial charge in [0.2, 0.25) is 0 Å². The molecule has 1 fully saturated rings. The lowest BCUT2D eigenvalue weighted by Gasteiger charge is -2.21. The molecule has 0 aromatic heterocycles. The predicted octanol–water partition coefficient (Wildman–Crippen LogP) is 3.26. The van der Waals surface area contributed by atoms with Gasteiger partial charge in [0, 0.05) is 22.7 Å². The van der Waals surface area contributed by atoms with Crippen LogP contribution in [0.4, 0.5) is 10.1 Å². The summed E-state index contributed by atoms with van der Waals surface area (Å²) in [7, 11) is 0. The first kappa shape index (κ1) is 16.3. The van der Waals surface area contributed by atoms with Gasteiger partial charge in [-0.25, -0.2) is 4.39 Å². The topological polar surface area (TPSA) is 58.2 Å². The number of halogens is 1. The van der Waals surface area contributed by atoms with Crippen LogP contribution in [-0.2, 0) is 0 Å². The summed E-state index contributed by atoms with van der Waals surface area (Å²) in [6.07, 6.45) is 1.68. The van der Waals surface area contributed by atoms with Crippen LogP contribution in [0, 0.1) is 11.7 Å². The number of Topliss-reactive ketones (excluding diaryl/α,β-unsaturated/α-hetero) is 1. The molecule has 124 valence electrons. The number of benzene rings is 2. The summed E-state index contributed by atoms with van der Waals surface area (Å²) >= 11 is 0. The van der Waals surface area contributed by atoms with E-state index in [0.717, 1.165) is 25.9 Å². The van der Waals surface area contributed by atoms with Gasteiger partial charge in [-0.2, -0.15) is 0 Å². The quantitative estimate of drug-likeness (QED) is 0.848. The van der Waals surface area contributed by atoms with Crippen molar-refractivity contribution in [2.45, 2.75) is 12.8 Å². The van der Waals surface area contributed by atoms with Crippen LogP contribution in [0.15, 0.2) is 48.5 Å². The van der Waals surface area contributed by atoms with E-state index in [9.17, 15) is 14.0 Å². The molecule has 1 aliphatic rings. The Labute approximate surface area is 140 Å². The lowest BCUT2D eigenvalue weighted by Crippen LogP contribution is -2.31. The van der Waals surface area contributed by atoms with Crippen LogP contribution >= 0.6 is 0 Å². The van der Waals surface area contributed by atoms with Crippen molar-refractivity contribution < 1.29 is 14.0 Å². The fourth-order valence-electron chi connectivity index (χ4n) is 2.87. The van der Waals surface area contributed by atoms with E-state index in [2.05, 4.69) is 10.6 Å². The van der Waals surface area contributed by atoms with Crippen molar-refractivity contribution in [1.29, 1.82) is 0 Å². The van der Waals surface area contributed by atoms with E-state index in [1.165, 1.54) is 24.3 Å². The third-order valence-corrected chi connectivity index (χ3v) is 4.22. The molecule has 0 atom stereocenters. The van der Waals surface area contributed by atoms with E-state index in [-0.39, 0.29) is 23.4 Å². The molecule has 2 aromatic rings. The van der Waals surface area contributed by atoms with E-state index in [0.29, 0.717) is 16.8 Å². The molecule has 1 saturated heterocycles. The highest BCUT2D eigenvalue weighted by atomic mass is 19.1. The molecule has 0 radical (unpaired) electrons. The number of ketones is 1. The lowest BCUT2D eigenvalue weighted by atomic mass is 9.89. The minimum Gasteiger partial charge on any atom is -0.322 e. The van der Waals surface area contributed by atoms with Crippen LogP contribution < -0.4 is 10.6 Å². The van der Waals surface area contributed by atoms with Gasteiger partial charge in [-0.1, -0.05) is 12.1 Å². The van der Waals surface area contributed by atoms with Crippen molar-refractivity contribution in [2.24, 2.45) is 5.92 Å². The minimum atomic E-state index is -0.388. The van der Waals surface area contributed by atoms with E-state index in [4.69, 9.17) is 0 Å². The van der Waals surface area contributed by atoms with Crippen molar-refractivity contribution >= 4 is 17.4 Å². The Kier molecular flexibility index (Phi) is 5.01. The van der Waals surface area contributed by atoms with Gasteiger partial charge in [0.25, 0.3) is 5.91 Å². The maximum absolute atomic E-state index is 12.9. The highest BCUT2D eigenvalue weighted by Crippen LogP contribution is 2.20. The summed E-state index contributed by atoms with van der Waals surface area (Å²) in [6.45, 7) is 1.72. The summed E-state index contributed by atoms with van der Waals surface area (Å²) in [6, 6.07) is 12.3. The number of nitrogens with one attached hydrogen (secondary N) is 2. The molecule has 0 unspecified atom stereocenters. The zero-order valence-corrected chi connectivity index (χ0v) is 13.2. The van der Waals surface area contributed by atoms with Crippen molar-refractivity contribution in [2.75, 3.05) is 18.4 Å². The number of carbonyl (C=O) groups is 2. The molecule has 1 aliphatic heterocycles. The summed E-state index contributed by atoms with van der Waals surface area (Å²) in [5.41, 5.74) is 1.54. The second kappa shape index (κ2) is 7.36. The van der Waals surface area contributed by atoms with Crippen LogP contribution in [-0.4, -0.2) is 24.8 Å². The molecule has 0 bridgehead atoms. The molecule has 1 amide bonds. The van der Waals surface area contributed by atoms with Gasteiger partial charge in [-0.05, 0) is 62.3 Å². The Balaban J connectivity index is 1.71. The Hall–Kier alpha value is -2.53. The number of anilines is 1. The number of hydrogen-bond acceptors (Lipinski definition) is 3. The Morgan fingerprint density at radius 3 is 2.42 bits per heavy atom. The zero-order valence-electron chi connectivity index (χ0n) is 13.2. The zero-order chi connectivity index (χ0) is 16.9. The average Bonchev–Trinajstić information content (AvgIpc) is 2.62. The standard InChI is InChI=1S/C19H19FN2O2/c20-16-6-4-14(5-7-16)19(24)22-17-3-1-2-15(12-17)18(23)13-8-10-21-11-9-13/h1-7,12-13,21H,8-11H2,(H,22,24). The summed E-state index contributed by atoms with van der Waals surface area (Å²) < 4.78 is 12.9. The van der Waals surface area contributed by atoms with Crippen molar-refractivity contribution in [3.8, 4) is 0 Å². The maximum Gasteiger partial charge on any atom is 0.255 e. The molecule has 0 aliphatic carbocycles. The molecule has 3 rings (SSSR count). The molecule has 0 spiro atoms. The predicted molar refractivity (Wildman–Crippen MR) is 90.7 cm³/mol. The van der Waals surface area contributed by atoms with Gasteiger partial charge in [0.1, 0.15) is 5.82 Å². The van der Waals surface area contributed by atoms with Gasteiger partial charge in [0.05, 0.1) is 0 Å². The van der Waals surface area contributed by atoms with Crippen LogP contribution in [0.2, 0.25) is 0 Å². The van der Waals surface area contributed by atoms with Crippen LogP contribution in [0.25, 0.3) is 0 Å². The third-order valence-electron chi connectivity index (χ3n) is 4.22. The maximum atomic E-state index is 12.9. The van der Waals surface area contributed by atoms with Crippen molar-refractivity contribution in [3.63, 3.8) is 0 Å². The van der Waals surface area contributed by atoms with Gasteiger partial charge < -0.3 is 10.6 Å². The first-order valence-corrected chi connectivity index (χ1v) is 8.05. The minimum absolute atomic E-state index is 0.0364. The Morgan fingerprint density at radius 1 is 1.00 bits per heavy atom. The van der Waals surface area contributed by atoms with Crippen molar-refractivity contribution in [1.82, 2.24) is 5.32 Å². The molecule has 24 heavy (non-hydrogen) atoms. The van der Waals surface area contributed by atoms with Gasteiger partial charge in [-0.15, -0.1) is 0 Å². The molecule has 2 aromatic carbocycles. The molecular weight excluding hydrogens is 307 g/mol. The first-order valence-electron chi connectivity index (χ1n) is 8.05. The monoisotopic (exact) mass is 326 g/mol. The van der Waals surface area contributed by atoms with Gasteiger partial charge >= 0.3 is 0 Å². The second-order valence-electron chi connectivity index (χ2n) is 5.93. The van der Waals surface area contributed by atoms with E-state index in [1.54, 1.807) is 24.3 Å². The van der Waals surface area contributed by atoms with Crippen molar-refractivity contribution in [3.05, 3.63) is 65.5 Å². The largest absolute Gasteiger partial charge is 0.322 e. The Bertz CT molecular complexity index is 737. The van der Waals surface area contributed by atoms with Gasteiger partial charge in [0.15, 0.2) is 5.78 Å². The van der Waals surface area contributed by atoms with Crippen LogP contribution in [0.5, 0.6) is 0 Å². The first-order chi connectivity index (χ1) is 11.6. The second-order valence-corrected chi connectivity index (χ2v) is 5.93. The number of hydrogen-bond donors (Lipinski definition) is 2. The van der Waals surface area contributed by atoms with E-state index >= 15 is 0 Å². The van der Waals surface area contributed by atoms with E-state index in [1.807, 2.05) is 0 Å².